The fraction of sp³-hybridized carbons (Fsp3) is 0.786. The van der Waals surface area contributed by atoms with E-state index in [1.165, 1.54) is 0 Å². The predicted molar refractivity (Wildman–Crippen MR) is 82.3 cm³/mol. The predicted octanol–water partition coefficient (Wildman–Crippen LogP) is 2.28. The van der Waals surface area contributed by atoms with Gasteiger partial charge in [0.25, 0.3) is 0 Å². The Kier molecular flexibility index (Phi) is 4.37. The van der Waals surface area contributed by atoms with Crippen molar-refractivity contribution in [2.75, 3.05) is 25.4 Å². The molecule has 0 aromatic carbocycles. The lowest BCUT2D eigenvalue weighted by molar-refractivity contribution is 0.155. The highest BCUT2D eigenvalue weighted by Gasteiger charge is 2.36. The molecule has 1 aromatic heterocycles. The van der Waals surface area contributed by atoms with E-state index in [-0.39, 0.29) is 12.1 Å². The zero-order chi connectivity index (χ0) is 14.8. The Morgan fingerprint density at radius 3 is 2.71 bits per heavy atom. The van der Waals surface area contributed by atoms with Crippen molar-refractivity contribution >= 4 is 17.8 Å². The number of hydrogen-bond acceptors (Lipinski definition) is 4. The van der Waals surface area contributed by atoms with Crippen molar-refractivity contribution in [1.82, 2.24) is 24.6 Å². The fourth-order valence-electron chi connectivity index (χ4n) is 3.23. The summed E-state index contributed by atoms with van der Waals surface area (Å²) >= 11 is 1.69. The SMILES string of the molecule is CCSc1nnc([C@H]2CCCN2C(=O)N2CCCC2)n1C. The maximum absolute atomic E-state index is 12.7. The van der Waals surface area contributed by atoms with Crippen molar-refractivity contribution in [3.8, 4) is 0 Å². The Bertz CT molecular complexity index is 511. The summed E-state index contributed by atoms with van der Waals surface area (Å²) in [5.41, 5.74) is 0. The first-order valence-electron chi connectivity index (χ1n) is 7.80. The van der Waals surface area contributed by atoms with E-state index in [0.29, 0.717) is 0 Å². The molecule has 1 aromatic rings. The number of amides is 2. The Morgan fingerprint density at radius 1 is 1.24 bits per heavy atom. The quantitative estimate of drug-likeness (QED) is 0.804. The molecule has 0 unspecified atom stereocenters. The second-order valence-electron chi connectivity index (χ2n) is 5.66. The number of thioether (sulfide) groups is 1. The summed E-state index contributed by atoms with van der Waals surface area (Å²) in [6, 6.07) is 0.268. The first kappa shape index (κ1) is 14.7. The number of aromatic nitrogens is 3. The lowest BCUT2D eigenvalue weighted by Crippen LogP contribution is -2.41. The molecule has 0 spiro atoms. The van der Waals surface area contributed by atoms with E-state index in [2.05, 4.69) is 21.7 Å². The van der Waals surface area contributed by atoms with E-state index >= 15 is 0 Å². The van der Waals surface area contributed by atoms with Gasteiger partial charge in [0.15, 0.2) is 11.0 Å². The summed E-state index contributed by atoms with van der Waals surface area (Å²) in [4.78, 5) is 16.6. The minimum Gasteiger partial charge on any atom is -0.325 e. The van der Waals surface area contributed by atoms with Crippen LogP contribution in [0.2, 0.25) is 0 Å². The molecule has 2 aliphatic rings. The summed E-state index contributed by atoms with van der Waals surface area (Å²) in [7, 11) is 2.00. The van der Waals surface area contributed by atoms with Crippen molar-refractivity contribution < 1.29 is 4.79 Å². The molecule has 2 fully saturated rings. The van der Waals surface area contributed by atoms with Gasteiger partial charge < -0.3 is 14.4 Å². The summed E-state index contributed by atoms with van der Waals surface area (Å²) in [5, 5.41) is 9.56. The van der Waals surface area contributed by atoms with Crippen LogP contribution in [0.4, 0.5) is 4.79 Å². The van der Waals surface area contributed by atoms with Crippen LogP contribution in [-0.2, 0) is 7.05 Å². The van der Waals surface area contributed by atoms with E-state index < -0.39 is 0 Å². The van der Waals surface area contributed by atoms with Gasteiger partial charge in [0.1, 0.15) is 0 Å². The first-order chi connectivity index (χ1) is 10.2. The Morgan fingerprint density at radius 2 is 2.00 bits per heavy atom. The summed E-state index contributed by atoms with van der Waals surface area (Å²) in [6.07, 6.45) is 4.30. The monoisotopic (exact) mass is 309 g/mol. The fourth-order valence-corrected chi connectivity index (χ4v) is 3.87. The minimum absolute atomic E-state index is 0.0850. The van der Waals surface area contributed by atoms with E-state index in [1.807, 2.05) is 16.8 Å². The second kappa shape index (κ2) is 6.25. The molecule has 3 heterocycles. The molecule has 21 heavy (non-hydrogen) atoms. The molecule has 116 valence electrons. The molecule has 2 saturated heterocycles. The molecule has 6 nitrogen and oxygen atoms in total. The summed E-state index contributed by atoms with van der Waals surface area (Å²) < 4.78 is 2.05. The molecule has 2 aliphatic heterocycles. The minimum atomic E-state index is 0.0850. The lowest BCUT2D eigenvalue weighted by atomic mass is 10.2. The Balaban J connectivity index is 1.78. The maximum Gasteiger partial charge on any atom is 0.320 e. The van der Waals surface area contributed by atoms with Crippen LogP contribution >= 0.6 is 11.8 Å². The molecule has 0 saturated carbocycles. The van der Waals surface area contributed by atoms with Crippen LogP contribution in [0.1, 0.15) is 44.5 Å². The third-order valence-corrected chi connectivity index (χ3v) is 5.22. The largest absolute Gasteiger partial charge is 0.325 e. The smallest absolute Gasteiger partial charge is 0.320 e. The van der Waals surface area contributed by atoms with Gasteiger partial charge in [0.05, 0.1) is 6.04 Å². The van der Waals surface area contributed by atoms with Gasteiger partial charge in [-0.05, 0) is 31.4 Å². The third kappa shape index (κ3) is 2.75. The third-order valence-electron chi connectivity index (χ3n) is 4.32. The molecular weight excluding hydrogens is 286 g/mol. The Hall–Kier alpha value is -1.24. The van der Waals surface area contributed by atoms with Crippen LogP contribution < -0.4 is 0 Å². The van der Waals surface area contributed by atoms with E-state index in [1.54, 1.807) is 11.8 Å². The molecule has 2 amide bonds. The topological polar surface area (TPSA) is 54.3 Å². The first-order valence-corrected chi connectivity index (χ1v) is 8.78. The van der Waals surface area contributed by atoms with Gasteiger partial charge in [-0.1, -0.05) is 18.7 Å². The molecule has 1 atom stereocenters. The van der Waals surface area contributed by atoms with Gasteiger partial charge in [-0.3, -0.25) is 0 Å². The molecule has 0 bridgehead atoms. The highest BCUT2D eigenvalue weighted by molar-refractivity contribution is 7.99. The van der Waals surface area contributed by atoms with Crippen LogP contribution in [0, 0.1) is 0 Å². The van der Waals surface area contributed by atoms with Crippen LogP contribution in [0.3, 0.4) is 0 Å². The van der Waals surface area contributed by atoms with Crippen molar-refractivity contribution in [2.24, 2.45) is 7.05 Å². The average molecular weight is 309 g/mol. The van der Waals surface area contributed by atoms with Crippen LogP contribution in [0.5, 0.6) is 0 Å². The average Bonchev–Trinajstić information content (AvgIpc) is 3.20. The lowest BCUT2D eigenvalue weighted by Gasteiger charge is -2.28. The van der Waals surface area contributed by atoms with Crippen molar-refractivity contribution in [3.05, 3.63) is 5.82 Å². The van der Waals surface area contributed by atoms with E-state index in [0.717, 1.165) is 62.1 Å². The summed E-state index contributed by atoms with van der Waals surface area (Å²) in [5.74, 6) is 1.91. The molecule has 7 heteroatoms. The molecule has 0 aliphatic carbocycles. The van der Waals surface area contributed by atoms with Gasteiger partial charge in [0, 0.05) is 26.7 Å². The van der Waals surface area contributed by atoms with E-state index in [9.17, 15) is 4.79 Å². The van der Waals surface area contributed by atoms with Crippen molar-refractivity contribution in [1.29, 1.82) is 0 Å². The number of rotatable bonds is 3. The number of likely N-dealkylation sites (tertiary alicyclic amines) is 2. The molecule has 0 radical (unpaired) electrons. The van der Waals surface area contributed by atoms with Crippen molar-refractivity contribution in [3.63, 3.8) is 0 Å². The highest BCUT2D eigenvalue weighted by atomic mass is 32.2. The standard InChI is InChI=1S/C14H23N5OS/c1-3-21-13-16-15-12(17(13)2)11-7-6-10-19(11)14(20)18-8-4-5-9-18/h11H,3-10H2,1-2H3/t11-/m1/s1. The van der Waals surface area contributed by atoms with Gasteiger partial charge in [-0.25, -0.2) is 4.79 Å². The molecule has 0 N–H and O–H groups in total. The number of nitrogens with zero attached hydrogens (tertiary/aromatic N) is 5. The normalized spacial score (nSPS) is 22.3. The van der Waals surface area contributed by atoms with Crippen LogP contribution in [-0.4, -0.2) is 56.0 Å². The summed E-state index contributed by atoms with van der Waals surface area (Å²) in [6.45, 7) is 4.75. The number of hydrogen-bond donors (Lipinski definition) is 0. The van der Waals surface area contributed by atoms with Crippen LogP contribution in [0.25, 0.3) is 0 Å². The number of carbonyl (C=O) groups is 1. The maximum atomic E-state index is 12.7. The van der Waals surface area contributed by atoms with E-state index in [4.69, 9.17) is 0 Å². The van der Waals surface area contributed by atoms with Gasteiger partial charge >= 0.3 is 6.03 Å². The molecular formula is C14H23N5OS. The number of carbonyl (C=O) groups excluding carboxylic acids is 1. The van der Waals surface area contributed by atoms with Gasteiger partial charge in [0.2, 0.25) is 0 Å². The Labute approximate surface area is 129 Å². The van der Waals surface area contributed by atoms with Crippen LogP contribution in [0.15, 0.2) is 5.16 Å². The van der Waals surface area contributed by atoms with Gasteiger partial charge in [-0.15, -0.1) is 10.2 Å². The number of urea groups is 1. The van der Waals surface area contributed by atoms with Gasteiger partial charge in [-0.2, -0.15) is 0 Å². The zero-order valence-corrected chi connectivity index (χ0v) is 13.6. The highest BCUT2D eigenvalue weighted by Crippen LogP contribution is 2.33. The molecule has 3 rings (SSSR count). The second-order valence-corrected chi connectivity index (χ2v) is 6.89. The zero-order valence-electron chi connectivity index (χ0n) is 12.8. The van der Waals surface area contributed by atoms with Crippen molar-refractivity contribution in [2.45, 2.75) is 43.8 Å².